The predicted octanol–water partition coefficient (Wildman–Crippen LogP) is 3.52. The van der Waals surface area contributed by atoms with E-state index in [4.69, 9.17) is 9.47 Å². The number of aryl methyl sites for hydroxylation is 1. The second-order valence-electron chi connectivity index (χ2n) is 7.15. The molecule has 0 radical (unpaired) electrons. The first-order valence-corrected chi connectivity index (χ1v) is 10.3. The Morgan fingerprint density at radius 1 is 1.15 bits per heavy atom. The molecule has 3 aromatic rings. The predicted molar refractivity (Wildman–Crippen MR) is 121 cm³/mol. The largest absolute Gasteiger partial charge is 0.494 e. The van der Waals surface area contributed by atoms with Crippen molar-refractivity contribution in [2.45, 2.75) is 27.2 Å². The van der Waals surface area contributed by atoms with Crippen LogP contribution in [0.15, 0.2) is 48.5 Å². The van der Waals surface area contributed by atoms with Crippen molar-refractivity contribution in [2.24, 2.45) is 0 Å². The molecule has 0 spiro atoms. The second-order valence-corrected chi connectivity index (χ2v) is 7.15. The number of hydrogen-bond donors (Lipinski definition) is 1. The summed E-state index contributed by atoms with van der Waals surface area (Å²) in [5.41, 5.74) is 2.73. The highest BCUT2D eigenvalue weighted by Crippen LogP contribution is 2.29. The number of ether oxygens (including phenoxy) is 2. The van der Waals surface area contributed by atoms with E-state index in [2.05, 4.69) is 10.4 Å². The minimum atomic E-state index is -0.691. The van der Waals surface area contributed by atoms with Gasteiger partial charge in [0.05, 0.1) is 35.4 Å². The van der Waals surface area contributed by atoms with Gasteiger partial charge in [-0.1, -0.05) is 18.2 Å². The molecule has 0 fully saturated rings. The van der Waals surface area contributed by atoms with E-state index in [1.165, 1.54) is 18.2 Å². The zero-order valence-electron chi connectivity index (χ0n) is 18.5. The van der Waals surface area contributed by atoms with Crippen LogP contribution in [0.5, 0.6) is 5.75 Å². The maximum absolute atomic E-state index is 12.3. The zero-order valence-corrected chi connectivity index (χ0v) is 18.5. The third kappa shape index (κ3) is 5.73. The number of nitro benzene ring substituents is 1. The van der Waals surface area contributed by atoms with Crippen LogP contribution < -0.4 is 10.1 Å². The van der Waals surface area contributed by atoms with Gasteiger partial charge in [0.25, 0.3) is 11.6 Å². The Bertz CT molecular complexity index is 1170. The molecule has 0 aliphatic carbocycles. The fourth-order valence-corrected chi connectivity index (χ4v) is 3.30. The molecule has 1 aromatic heterocycles. The minimum Gasteiger partial charge on any atom is -0.494 e. The van der Waals surface area contributed by atoms with Crippen LogP contribution in [0, 0.1) is 24.0 Å². The van der Waals surface area contributed by atoms with Gasteiger partial charge in [-0.15, -0.1) is 0 Å². The van der Waals surface area contributed by atoms with Gasteiger partial charge in [0.1, 0.15) is 11.4 Å². The molecule has 2 aromatic carbocycles. The molecule has 0 unspecified atom stereocenters. The molecule has 10 nitrogen and oxygen atoms in total. The summed E-state index contributed by atoms with van der Waals surface area (Å²) in [6.07, 6.45) is -0.0546. The normalized spacial score (nSPS) is 10.5. The van der Waals surface area contributed by atoms with Gasteiger partial charge >= 0.3 is 5.97 Å². The lowest BCUT2D eigenvalue weighted by Crippen LogP contribution is -2.22. The third-order valence-corrected chi connectivity index (χ3v) is 4.88. The van der Waals surface area contributed by atoms with Crippen molar-refractivity contribution >= 4 is 23.3 Å². The molecule has 0 aliphatic rings. The fourth-order valence-electron chi connectivity index (χ4n) is 3.30. The summed E-state index contributed by atoms with van der Waals surface area (Å²) >= 11 is 0. The molecule has 0 atom stereocenters. The number of carbonyl (C=O) groups excluding carboxylic acids is 2. The summed E-state index contributed by atoms with van der Waals surface area (Å²) in [5.74, 6) is -0.982. The molecular weight excluding hydrogens is 428 g/mol. The Labute approximate surface area is 190 Å². The van der Waals surface area contributed by atoms with Crippen LogP contribution in [0.3, 0.4) is 0 Å². The molecule has 10 heteroatoms. The SMILES string of the molecule is CCOc1ccc(NC(=O)COC(=O)Cc2c(C)nn(-c3ccccc3)c2C)c([N+](=O)[O-])c1. The van der Waals surface area contributed by atoms with Gasteiger partial charge < -0.3 is 14.8 Å². The number of aromatic nitrogens is 2. The summed E-state index contributed by atoms with van der Waals surface area (Å²) in [6.45, 7) is 5.18. The van der Waals surface area contributed by atoms with Crippen molar-refractivity contribution in [1.29, 1.82) is 0 Å². The number of nitrogens with zero attached hydrogens (tertiary/aromatic N) is 3. The number of carbonyl (C=O) groups is 2. The Balaban J connectivity index is 1.61. The Hall–Kier alpha value is -4.21. The molecule has 3 rings (SSSR count). The highest BCUT2D eigenvalue weighted by atomic mass is 16.6. The van der Waals surface area contributed by atoms with Crippen LogP contribution in [0.2, 0.25) is 0 Å². The number of benzene rings is 2. The van der Waals surface area contributed by atoms with E-state index < -0.39 is 23.4 Å². The van der Waals surface area contributed by atoms with E-state index in [1.807, 2.05) is 37.3 Å². The standard InChI is InChI=1S/C23H24N4O6/c1-4-32-18-10-11-20(21(12-18)27(30)31)24-22(28)14-33-23(29)13-19-15(2)25-26(16(19)3)17-8-6-5-7-9-17/h5-12H,4,13-14H2,1-3H3,(H,24,28). The van der Waals surface area contributed by atoms with E-state index in [1.54, 1.807) is 18.5 Å². The Morgan fingerprint density at radius 3 is 2.55 bits per heavy atom. The van der Waals surface area contributed by atoms with E-state index in [-0.39, 0.29) is 17.8 Å². The maximum Gasteiger partial charge on any atom is 0.310 e. The number of para-hydroxylation sites is 1. The molecule has 0 aliphatic heterocycles. The van der Waals surface area contributed by atoms with E-state index in [0.29, 0.717) is 23.6 Å². The van der Waals surface area contributed by atoms with Crippen LogP contribution in [0.1, 0.15) is 23.9 Å². The number of esters is 1. The van der Waals surface area contributed by atoms with E-state index in [0.717, 1.165) is 11.4 Å². The fraction of sp³-hybridized carbons (Fsp3) is 0.261. The molecular formula is C23H24N4O6. The minimum absolute atomic E-state index is 0.0136. The summed E-state index contributed by atoms with van der Waals surface area (Å²) < 4.78 is 12.1. The van der Waals surface area contributed by atoms with Crippen LogP contribution in [-0.2, 0) is 20.7 Å². The van der Waals surface area contributed by atoms with Gasteiger partial charge in [-0.2, -0.15) is 5.10 Å². The van der Waals surface area contributed by atoms with Gasteiger partial charge in [0.15, 0.2) is 6.61 Å². The molecule has 1 amide bonds. The second kappa shape index (κ2) is 10.4. The van der Waals surface area contributed by atoms with Crippen molar-refractivity contribution in [3.05, 3.63) is 75.6 Å². The van der Waals surface area contributed by atoms with Crippen molar-refractivity contribution in [1.82, 2.24) is 9.78 Å². The number of rotatable bonds is 9. The average Bonchev–Trinajstić information content (AvgIpc) is 3.07. The van der Waals surface area contributed by atoms with Crippen LogP contribution in [0.4, 0.5) is 11.4 Å². The summed E-state index contributed by atoms with van der Waals surface area (Å²) in [4.78, 5) is 35.2. The van der Waals surface area contributed by atoms with Gasteiger partial charge in [0, 0.05) is 11.3 Å². The highest BCUT2D eigenvalue weighted by molar-refractivity contribution is 5.95. The first kappa shape index (κ1) is 23.5. The molecule has 1 heterocycles. The first-order chi connectivity index (χ1) is 15.8. The first-order valence-electron chi connectivity index (χ1n) is 10.3. The zero-order chi connectivity index (χ0) is 24.0. The number of hydrogen-bond acceptors (Lipinski definition) is 7. The lowest BCUT2D eigenvalue weighted by molar-refractivity contribution is -0.384. The van der Waals surface area contributed by atoms with E-state index in [9.17, 15) is 19.7 Å². The highest BCUT2D eigenvalue weighted by Gasteiger charge is 2.20. The van der Waals surface area contributed by atoms with Gasteiger partial charge in [-0.3, -0.25) is 19.7 Å². The Morgan fingerprint density at radius 2 is 1.88 bits per heavy atom. The van der Waals surface area contributed by atoms with Crippen LogP contribution in [-0.4, -0.2) is 39.8 Å². The summed E-state index contributed by atoms with van der Waals surface area (Å²) in [5, 5.41) is 18.2. The molecule has 1 N–H and O–H groups in total. The average molecular weight is 452 g/mol. The number of nitro groups is 1. The monoisotopic (exact) mass is 452 g/mol. The number of nitrogens with one attached hydrogen (secondary N) is 1. The number of anilines is 1. The van der Waals surface area contributed by atoms with Gasteiger partial charge in [-0.25, -0.2) is 4.68 Å². The Kier molecular flexibility index (Phi) is 7.39. The van der Waals surface area contributed by atoms with Crippen molar-refractivity contribution in [3.8, 4) is 11.4 Å². The molecule has 0 saturated carbocycles. The maximum atomic E-state index is 12.3. The quantitative estimate of drug-likeness (QED) is 0.299. The van der Waals surface area contributed by atoms with Crippen LogP contribution in [0.25, 0.3) is 5.69 Å². The third-order valence-electron chi connectivity index (χ3n) is 4.88. The van der Waals surface area contributed by atoms with Gasteiger partial charge in [0.2, 0.25) is 0 Å². The molecule has 0 bridgehead atoms. The lowest BCUT2D eigenvalue weighted by atomic mass is 10.1. The topological polar surface area (TPSA) is 126 Å². The summed E-state index contributed by atoms with van der Waals surface area (Å²) in [7, 11) is 0. The van der Waals surface area contributed by atoms with Crippen LogP contribution >= 0.6 is 0 Å². The van der Waals surface area contributed by atoms with Crippen molar-refractivity contribution in [2.75, 3.05) is 18.5 Å². The van der Waals surface area contributed by atoms with Gasteiger partial charge in [-0.05, 0) is 45.0 Å². The van der Waals surface area contributed by atoms with E-state index >= 15 is 0 Å². The van der Waals surface area contributed by atoms with Crippen molar-refractivity contribution in [3.63, 3.8) is 0 Å². The van der Waals surface area contributed by atoms with Crippen molar-refractivity contribution < 1.29 is 24.0 Å². The lowest BCUT2D eigenvalue weighted by Gasteiger charge is -2.09. The number of amides is 1. The summed E-state index contributed by atoms with van der Waals surface area (Å²) in [6, 6.07) is 13.6. The molecule has 33 heavy (non-hydrogen) atoms. The molecule has 0 saturated heterocycles. The molecule has 172 valence electrons. The smallest absolute Gasteiger partial charge is 0.310 e.